The summed E-state index contributed by atoms with van der Waals surface area (Å²) in [6, 6.07) is 7.95. The number of carbonyl (C=O) groups excluding carboxylic acids is 1. The van der Waals surface area contributed by atoms with Gasteiger partial charge in [0.15, 0.2) is 0 Å². The van der Waals surface area contributed by atoms with Gasteiger partial charge in [0.2, 0.25) is 5.91 Å². The van der Waals surface area contributed by atoms with Gasteiger partial charge in [0.1, 0.15) is 0 Å². The Kier molecular flexibility index (Phi) is 3.74. The summed E-state index contributed by atoms with van der Waals surface area (Å²) in [6.45, 7) is 1.49. The van der Waals surface area contributed by atoms with E-state index >= 15 is 0 Å². The number of hydrogen-bond acceptors (Lipinski definition) is 2. The van der Waals surface area contributed by atoms with Gasteiger partial charge in [-0.05, 0) is 37.0 Å². The Hall–Kier alpha value is -1.06. The van der Waals surface area contributed by atoms with E-state index < -0.39 is 0 Å². The maximum Gasteiger partial charge on any atom is 0.233 e. The zero-order chi connectivity index (χ0) is 14.2. The lowest BCUT2D eigenvalue weighted by Crippen LogP contribution is -2.45. The molecule has 0 radical (unpaired) electrons. The molecule has 1 saturated carbocycles. The van der Waals surface area contributed by atoms with E-state index in [2.05, 4.69) is 0 Å². The molecule has 1 amide bonds. The minimum Gasteiger partial charge on any atom is -0.340 e. The van der Waals surface area contributed by atoms with Crippen LogP contribution < -0.4 is 5.73 Å². The Morgan fingerprint density at radius 2 is 2.10 bits per heavy atom. The first-order valence-corrected chi connectivity index (χ1v) is 7.81. The van der Waals surface area contributed by atoms with Gasteiger partial charge in [-0.2, -0.15) is 0 Å². The fraction of sp³-hybridized carbons (Fsp3) is 0.562. The van der Waals surface area contributed by atoms with Crippen LogP contribution in [0.3, 0.4) is 0 Å². The molecule has 0 aromatic heterocycles. The molecule has 2 N–H and O–H groups in total. The van der Waals surface area contributed by atoms with Gasteiger partial charge in [0, 0.05) is 24.2 Å². The van der Waals surface area contributed by atoms with Crippen LogP contribution >= 0.6 is 11.6 Å². The highest BCUT2D eigenvalue weighted by Gasteiger charge is 2.45. The third kappa shape index (κ3) is 2.33. The zero-order valence-corrected chi connectivity index (χ0v) is 12.4. The molecule has 4 heteroatoms. The van der Waals surface area contributed by atoms with E-state index in [9.17, 15) is 4.79 Å². The second-order valence-electron chi connectivity index (χ2n) is 6.10. The Morgan fingerprint density at radius 1 is 1.35 bits per heavy atom. The Balaban J connectivity index is 1.93. The van der Waals surface area contributed by atoms with Gasteiger partial charge in [-0.15, -0.1) is 0 Å². The van der Waals surface area contributed by atoms with E-state index in [-0.39, 0.29) is 17.4 Å². The number of carbonyl (C=O) groups is 1. The third-order valence-electron chi connectivity index (χ3n) is 4.76. The van der Waals surface area contributed by atoms with Crippen molar-refractivity contribution < 1.29 is 4.79 Å². The van der Waals surface area contributed by atoms with Gasteiger partial charge in [0.25, 0.3) is 0 Å². The normalized spacial score (nSPS) is 25.1. The first kappa shape index (κ1) is 13.9. The summed E-state index contributed by atoms with van der Waals surface area (Å²) in [7, 11) is 0. The predicted molar refractivity (Wildman–Crippen MR) is 80.8 cm³/mol. The molecule has 20 heavy (non-hydrogen) atoms. The molecular formula is C16H21ClN2O. The quantitative estimate of drug-likeness (QED) is 0.911. The van der Waals surface area contributed by atoms with Crippen molar-refractivity contribution in [3.05, 3.63) is 34.9 Å². The van der Waals surface area contributed by atoms with E-state index in [0.717, 1.165) is 44.2 Å². The van der Waals surface area contributed by atoms with Crippen LogP contribution in [-0.2, 0) is 10.2 Å². The first-order chi connectivity index (χ1) is 9.62. The number of likely N-dealkylation sites (tertiary alicyclic amines) is 1. The summed E-state index contributed by atoms with van der Waals surface area (Å²) >= 11 is 6.13. The lowest BCUT2D eigenvalue weighted by molar-refractivity contribution is -0.136. The van der Waals surface area contributed by atoms with Crippen molar-refractivity contribution in [1.29, 1.82) is 0 Å². The molecule has 2 fully saturated rings. The highest BCUT2D eigenvalue weighted by atomic mass is 35.5. The average Bonchev–Trinajstić information content (AvgIpc) is 3.07. The van der Waals surface area contributed by atoms with Crippen molar-refractivity contribution in [1.82, 2.24) is 4.90 Å². The van der Waals surface area contributed by atoms with Crippen LogP contribution in [0, 0.1) is 0 Å². The van der Waals surface area contributed by atoms with Crippen molar-refractivity contribution in [2.24, 2.45) is 5.73 Å². The van der Waals surface area contributed by atoms with Gasteiger partial charge >= 0.3 is 0 Å². The maximum atomic E-state index is 13.1. The minimum absolute atomic E-state index is 0.136. The van der Waals surface area contributed by atoms with Crippen LogP contribution in [0.2, 0.25) is 5.02 Å². The van der Waals surface area contributed by atoms with Crippen molar-refractivity contribution in [2.45, 2.75) is 43.6 Å². The minimum atomic E-state index is -0.366. The lowest BCUT2D eigenvalue weighted by atomic mass is 9.77. The summed E-state index contributed by atoms with van der Waals surface area (Å²) in [5.74, 6) is 0.255. The van der Waals surface area contributed by atoms with Crippen LogP contribution in [0.1, 0.15) is 37.7 Å². The molecule has 0 unspecified atom stereocenters. The van der Waals surface area contributed by atoms with Crippen molar-refractivity contribution >= 4 is 17.5 Å². The maximum absolute atomic E-state index is 13.1. The van der Waals surface area contributed by atoms with Gasteiger partial charge in [-0.1, -0.05) is 36.6 Å². The molecule has 3 nitrogen and oxygen atoms in total. The van der Waals surface area contributed by atoms with Crippen LogP contribution in [0.15, 0.2) is 24.3 Å². The van der Waals surface area contributed by atoms with Gasteiger partial charge in [-0.3, -0.25) is 4.79 Å². The SMILES string of the molecule is N[C@@H]1CCN(C(=O)C2(c3cccc(Cl)c3)CCCC2)C1. The second-order valence-corrected chi connectivity index (χ2v) is 6.54. The molecule has 0 bridgehead atoms. The standard InChI is InChI=1S/C16H21ClN2O/c17-13-5-3-4-12(10-13)16(7-1-2-8-16)15(20)19-9-6-14(18)11-19/h3-5,10,14H,1-2,6-9,11,18H2/t14-/m1/s1. The molecular weight excluding hydrogens is 272 g/mol. The fourth-order valence-corrected chi connectivity index (χ4v) is 3.86. The monoisotopic (exact) mass is 292 g/mol. The second kappa shape index (κ2) is 5.38. The number of benzene rings is 1. The number of nitrogens with zero attached hydrogens (tertiary/aromatic N) is 1. The van der Waals surface area contributed by atoms with Gasteiger partial charge < -0.3 is 10.6 Å². The molecule has 1 aliphatic heterocycles. The number of amides is 1. The molecule has 1 saturated heterocycles. The van der Waals surface area contributed by atoms with E-state index in [1.165, 1.54) is 0 Å². The molecule has 108 valence electrons. The Bertz CT molecular complexity index is 511. The smallest absolute Gasteiger partial charge is 0.233 e. The van der Waals surface area contributed by atoms with E-state index in [1.54, 1.807) is 0 Å². The Morgan fingerprint density at radius 3 is 2.70 bits per heavy atom. The number of nitrogens with two attached hydrogens (primary N) is 1. The predicted octanol–water partition coefficient (Wildman–Crippen LogP) is 2.71. The third-order valence-corrected chi connectivity index (χ3v) is 4.99. The topological polar surface area (TPSA) is 46.3 Å². The zero-order valence-electron chi connectivity index (χ0n) is 11.6. The first-order valence-electron chi connectivity index (χ1n) is 7.43. The van der Waals surface area contributed by atoms with Crippen LogP contribution in [0.4, 0.5) is 0 Å². The number of halogens is 1. The molecule has 1 aliphatic carbocycles. The van der Waals surface area contributed by atoms with Crippen LogP contribution in [-0.4, -0.2) is 29.9 Å². The molecule has 3 rings (SSSR count). The van der Waals surface area contributed by atoms with E-state index in [4.69, 9.17) is 17.3 Å². The summed E-state index contributed by atoms with van der Waals surface area (Å²) < 4.78 is 0. The fourth-order valence-electron chi connectivity index (χ4n) is 3.67. The molecule has 1 atom stereocenters. The van der Waals surface area contributed by atoms with Crippen LogP contribution in [0.25, 0.3) is 0 Å². The average molecular weight is 293 g/mol. The van der Waals surface area contributed by atoms with E-state index in [0.29, 0.717) is 11.6 Å². The molecule has 0 spiro atoms. The molecule has 1 aromatic rings. The van der Waals surface area contributed by atoms with Gasteiger partial charge in [-0.25, -0.2) is 0 Å². The number of rotatable bonds is 2. The van der Waals surface area contributed by atoms with Crippen molar-refractivity contribution in [2.75, 3.05) is 13.1 Å². The summed E-state index contributed by atoms with van der Waals surface area (Å²) in [4.78, 5) is 15.0. The van der Waals surface area contributed by atoms with E-state index in [1.807, 2.05) is 29.2 Å². The highest BCUT2D eigenvalue weighted by molar-refractivity contribution is 6.30. The summed E-state index contributed by atoms with van der Waals surface area (Å²) in [6.07, 6.45) is 4.99. The lowest BCUT2D eigenvalue weighted by Gasteiger charge is -2.33. The van der Waals surface area contributed by atoms with Crippen LogP contribution in [0.5, 0.6) is 0 Å². The summed E-state index contributed by atoms with van der Waals surface area (Å²) in [5, 5.41) is 0.708. The Labute approximate surface area is 125 Å². The van der Waals surface area contributed by atoms with Crippen molar-refractivity contribution in [3.8, 4) is 0 Å². The van der Waals surface area contributed by atoms with Crippen molar-refractivity contribution in [3.63, 3.8) is 0 Å². The summed E-state index contributed by atoms with van der Waals surface area (Å²) in [5.41, 5.74) is 6.66. The van der Waals surface area contributed by atoms with Gasteiger partial charge in [0.05, 0.1) is 5.41 Å². The number of hydrogen-bond donors (Lipinski definition) is 1. The highest BCUT2D eigenvalue weighted by Crippen LogP contribution is 2.43. The largest absolute Gasteiger partial charge is 0.340 e. The molecule has 1 heterocycles. The molecule has 2 aliphatic rings. The molecule has 1 aromatic carbocycles.